The van der Waals surface area contributed by atoms with Gasteiger partial charge in [0.2, 0.25) is 0 Å². The molecule has 0 amide bonds. The molecule has 1 aromatic carbocycles. The average molecular weight is 211 g/mol. The molecule has 0 spiro atoms. The van der Waals surface area contributed by atoms with Gasteiger partial charge in [0.05, 0.1) is 19.1 Å². The van der Waals surface area contributed by atoms with Crippen LogP contribution >= 0.6 is 0 Å². The van der Waals surface area contributed by atoms with Gasteiger partial charge in [-0.15, -0.1) is 0 Å². The lowest BCUT2D eigenvalue weighted by atomic mass is 10.0. The first-order valence-electron chi connectivity index (χ1n) is 4.03. The van der Waals surface area contributed by atoms with E-state index in [2.05, 4.69) is 4.74 Å². The van der Waals surface area contributed by atoms with Crippen LogP contribution in [0.3, 0.4) is 0 Å². The molecule has 0 heterocycles. The molecule has 15 heavy (non-hydrogen) atoms. The number of esters is 1. The minimum Gasteiger partial charge on any atom is -0.469 e. The molecule has 0 atom stereocenters. The summed E-state index contributed by atoms with van der Waals surface area (Å²) in [5, 5.41) is 8.61. The Morgan fingerprint density at radius 2 is 2.20 bits per heavy atom. The number of hydrogen-bond donors (Lipinski definition) is 0. The van der Waals surface area contributed by atoms with Gasteiger partial charge in [-0.25, -0.2) is 8.78 Å². The highest BCUT2D eigenvalue weighted by molar-refractivity contribution is 5.73. The van der Waals surface area contributed by atoms with E-state index in [1.807, 2.05) is 0 Å². The number of methoxy groups -OCH3 is 1. The summed E-state index contributed by atoms with van der Waals surface area (Å²) >= 11 is 0. The Bertz CT molecular complexity index is 438. The highest BCUT2D eigenvalue weighted by Gasteiger charge is 2.14. The molecule has 0 radical (unpaired) electrons. The van der Waals surface area contributed by atoms with Gasteiger partial charge in [0.1, 0.15) is 17.7 Å². The lowest BCUT2D eigenvalue weighted by molar-refractivity contribution is -0.139. The molecule has 0 aliphatic rings. The Hall–Kier alpha value is -1.96. The summed E-state index contributed by atoms with van der Waals surface area (Å²) in [6.45, 7) is 0. The first kappa shape index (κ1) is 11.1. The van der Waals surface area contributed by atoms with Crippen molar-refractivity contribution in [3.8, 4) is 6.07 Å². The first-order chi connectivity index (χ1) is 7.08. The van der Waals surface area contributed by atoms with Gasteiger partial charge in [-0.1, -0.05) is 0 Å². The van der Waals surface area contributed by atoms with Gasteiger partial charge in [0, 0.05) is 6.07 Å². The van der Waals surface area contributed by atoms with Gasteiger partial charge in [-0.05, 0) is 11.6 Å². The zero-order chi connectivity index (χ0) is 11.4. The van der Waals surface area contributed by atoms with Crippen LogP contribution < -0.4 is 0 Å². The standard InChI is InChI=1S/C10H7F2NO2/c1-15-10(14)3-6-2-7(11)4-9(12)8(6)5-13/h2,4H,3H2,1H3. The number of rotatable bonds is 2. The zero-order valence-corrected chi connectivity index (χ0v) is 7.88. The summed E-state index contributed by atoms with van der Waals surface area (Å²) in [6, 6.07) is 3.11. The Morgan fingerprint density at radius 3 is 2.73 bits per heavy atom. The first-order valence-corrected chi connectivity index (χ1v) is 4.03. The molecule has 0 bridgehead atoms. The Labute approximate surface area is 84.9 Å². The van der Waals surface area contributed by atoms with E-state index in [9.17, 15) is 13.6 Å². The molecule has 0 unspecified atom stereocenters. The number of nitriles is 1. The van der Waals surface area contributed by atoms with Crippen LogP contribution in [0.4, 0.5) is 8.78 Å². The van der Waals surface area contributed by atoms with Crippen LogP contribution in [-0.2, 0) is 16.0 Å². The summed E-state index contributed by atoms with van der Waals surface area (Å²) in [5.74, 6) is -2.46. The lowest BCUT2D eigenvalue weighted by Gasteiger charge is -2.03. The molecular weight excluding hydrogens is 204 g/mol. The van der Waals surface area contributed by atoms with E-state index >= 15 is 0 Å². The van der Waals surface area contributed by atoms with Crippen LogP contribution in [-0.4, -0.2) is 13.1 Å². The predicted molar refractivity (Wildman–Crippen MR) is 46.8 cm³/mol. The van der Waals surface area contributed by atoms with E-state index in [1.165, 1.54) is 0 Å². The minimum atomic E-state index is -0.976. The second kappa shape index (κ2) is 4.51. The van der Waals surface area contributed by atoms with Crippen molar-refractivity contribution < 1.29 is 18.3 Å². The fourth-order valence-electron chi connectivity index (χ4n) is 1.12. The molecule has 78 valence electrons. The van der Waals surface area contributed by atoms with Crippen molar-refractivity contribution in [2.24, 2.45) is 0 Å². The van der Waals surface area contributed by atoms with Crippen LogP contribution in [0.25, 0.3) is 0 Å². The monoisotopic (exact) mass is 211 g/mol. The third-order valence-electron chi connectivity index (χ3n) is 1.81. The maximum atomic E-state index is 13.1. The van der Waals surface area contributed by atoms with Crippen LogP contribution in [0.2, 0.25) is 0 Å². The fraction of sp³-hybridized carbons (Fsp3) is 0.200. The lowest BCUT2D eigenvalue weighted by Crippen LogP contribution is -2.07. The molecule has 1 aromatic rings. The summed E-state index contributed by atoms with van der Waals surface area (Å²) in [6.07, 6.45) is -0.325. The highest BCUT2D eigenvalue weighted by atomic mass is 19.1. The van der Waals surface area contributed by atoms with Crippen molar-refractivity contribution in [1.82, 2.24) is 0 Å². The summed E-state index contributed by atoms with van der Waals surface area (Å²) in [5.41, 5.74) is -0.344. The maximum absolute atomic E-state index is 13.1. The van der Waals surface area contributed by atoms with E-state index in [0.717, 1.165) is 13.2 Å². The second-order valence-electron chi connectivity index (χ2n) is 2.79. The number of carbonyl (C=O) groups is 1. The number of carbonyl (C=O) groups excluding carboxylic acids is 1. The highest BCUT2D eigenvalue weighted by Crippen LogP contribution is 2.16. The third-order valence-corrected chi connectivity index (χ3v) is 1.81. The molecule has 0 aliphatic carbocycles. The quantitative estimate of drug-likeness (QED) is 0.697. The maximum Gasteiger partial charge on any atom is 0.310 e. The number of halogens is 2. The number of benzene rings is 1. The summed E-state index contributed by atoms with van der Waals surface area (Å²) in [4.78, 5) is 10.9. The van der Waals surface area contributed by atoms with Crippen molar-refractivity contribution >= 4 is 5.97 Å². The molecule has 3 nitrogen and oxygen atoms in total. The van der Waals surface area contributed by atoms with Gasteiger partial charge in [0.15, 0.2) is 0 Å². The topological polar surface area (TPSA) is 50.1 Å². The third kappa shape index (κ3) is 2.50. The van der Waals surface area contributed by atoms with Gasteiger partial charge < -0.3 is 4.74 Å². The molecule has 0 aliphatic heterocycles. The Morgan fingerprint density at radius 1 is 1.53 bits per heavy atom. The van der Waals surface area contributed by atoms with E-state index in [-0.39, 0.29) is 17.5 Å². The average Bonchev–Trinajstić information content (AvgIpc) is 2.17. The summed E-state index contributed by atoms with van der Waals surface area (Å²) in [7, 11) is 1.16. The number of ether oxygens (including phenoxy) is 1. The number of hydrogen-bond acceptors (Lipinski definition) is 3. The van der Waals surface area contributed by atoms with E-state index < -0.39 is 17.6 Å². The van der Waals surface area contributed by atoms with Crippen molar-refractivity contribution in [2.45, 2.75) is 6.42 Å². The SMILES string of the molecule is COC(=O)Cc1cc(F)cc(F)c1C#N. The van der Waals surface area contributed by atoms with Gasteiger partial charge in [-0.3, -0.25) is 4.79 Å². The molecule has 0 saturated carbocycles. The molecule has 0 fully saturated rings. The molecule has 1 rings (SSSR count). The minimum absolute atomic E-state index is 0.0122. The molecule has 5 heteroatoms. The molecule has 0 saturated heterocycles. The predicted octanol–water partition coefficient (Wildman–Crippen LogP) is 1.55. The summed E-state index contributed by atoms with van der Waals surface area (Å²) < 4.78 is 30.2. The van der Waals surface area contributed by atoms with Crippen LogP contribution in [0.5, 0.6) is 0 Å². The van der Waals surface area contributed by atoms with Gasteiger partial charge >= 0.3 is 5.97 Å². The fourth-order valence-corrected chi connectivity index (χ4v) is 1.12. The smallest absolute Gasteiger partial charge is 0.310 e. The van der Waals surface area contributed by atoms with Crippen LogP contribution in [0.1, 0.15) is 11.1 Å². The normalized spacial score (nSPS) is 9.47. The van der Waals surface area contributed by atoms with Crippen molar-refractivity contribution in [3.63, 3.8) is 0 Å². The Balaban J connectivity index is 3.16. The van der Waals surface area contributed by atoms with Crippen molar-refractivity contribution in [2.75, 3.05) is 7.11 Å². The van der Waals surface area contributed by atoms with Crippen LogP contribution in [0, 0.1) is 23.0 Å². The van der Waals surface area contributed by atoms with Crippen molar-refractivity contribution in [3.05, 3.63) is 34.9 Å². The molecular formula is C10H7F2NO2. The second-order valence-corrected chi connectivity index (χ2v) is 2.79. The zero-order valence-electron chi connectivity index (χ0n) is 7.88. The van der Waals surface area contributed by atoms with Gasteiger partial charge in [0.25, 0.3) is 0 Å². The Kier molecular flexibility index (Phi) is 3.34. The van der Waals surface area contributed by atoms with Crippen molar-refractivity contribution in [1.29, 1.82) is 5.26 Å². The number of nitrogens with zero attached hydrogens (tertiary/aromatic N) is 1. The van der Waals surface area contributed by atoms with Gasteiger partial charge in [-0.2, -0.15) is 5.26 Å². The molecule has 0 aromatic heterocycles. The largest absolute Gasteiger partial charge is 0.469 e. The van der Waals surface area contributed by atoms with E-state index in [0.29, 0.717) is 6.07 Å². The molecule has 0 N–H and O–H groups in total. The van der Waals surface area contributed by atoms with E-state index in [1.54, 1.807) is 6.07 Å². The van der Waals surface area contributed by atoms with Crippen LogP contribution in [0.15, 0.2) is 12.1 Å². The van der Waals surface area contributed by atoms with E-state index in [4.69, 9.17) is 5.26 Å².